The number of nitrogens with one attached hydrogen (secondary N) is 2. The molecule has 1 atom stereocenters. The van der Waals surface area contributed by atoms with Crippen molar-refractivity contribution in [3.05, 3.63) is 35.4 Å². The number of fused-ring (bicyclic) bond motifs is 1. The summed E-state index contributed by atoms with van der Waals surface area (Å²) in [5.74, 6) is 6.51. The number of guanidine groups is 1. The van der Waals surface area contributed by atoms with Crippen molar-refractivity contribution in [2.45, 2.75) is 12.3 Å². The molecule has 4 N–H and O–H groups in total. The number of hydrogen-bond acceptors (Lipinski definition) is 2. The quantitative estimate of drug-likeness (QED) is 0.282. The minimum absolute atomic E-state index is 0.589. The molecule has 0 saturated heterocycles. The molecule has 0 spiro atoms. The number of aliphatic imine (C=N–C) groups is 1. The van der Waals surface area contributed by atoms with Gasteiger partial charge < -0.3 is 5.32 Å². The van der Waals surface area contributed by atoms with Crippen LogP contribution in [0.4, 0.5) is 0 Å². The molecule has 80 valence electrons. The zero-order valence-electron chi connectivity index (χ0n) is 8.83. The molecule has 2 rings (SSSR count). The lowest BCUT2D eigenvalue weighted by Crippen LogP contribution is -2.44. The summed E-state index contributed by atoms with van der Waals surface area (Å²) in [7, 11) is 1.71. The molecule has 4 nitrogen and oxygen atoms in total. The van der Waals surface area contributed by atoms with E-state index in [0.29, 0.717) is 11.9 Å². The van der Waals surface area contributed by atoms with Gasteiger partial charge in [0.15, 0.2) is 0 Å². The normalized spacial score (nSPS) is 19.1. The first kappa shape index (κ1) is 9.98. The zero-order valence-corrected chi connectivity index (χ0v) is 8.83. The van der Waals surface area contributed by atoms with Crippen LogP contribution in [0.5, 0.6) is 0 Å². The van der Waals surface area contributed by atoms with E-state index in [0.717, 1.165) is 13.0 Å². The molecule has 0 saturated carbocycles. The van der Waals surface area contributed by atoms with Crippen molar-refractivity contribution < 1.29 is 0 Å². The molecule has 1 aromatic rings. The first-order valence-corrected chi connectivity index (χ1v) is 5.10. The number of rotatable bonds is 2. The fourth-order valence-electron chi connectivity index (χ4n) is 1.96. The molecule has 0 aromatic heterocycles. The highest BCUT2D eigenvalue weighted by Gasteiger charge is 2.24. The highest BCUT2D eigenvalue weighted by Crippen LogP contribution is 2.33. The van der Waals surface area contributed by atoms with Crippen LogP contribution >= 0.6 is 0 Å². The Hall–Kier alpha value is -1.55. The molecule has 4 heteroatoms. The summed E-state index contributed by atoms with van der Waals surface area (Å²) in [4.78, 5) is 3.96. The first-order valence-electron chi connectivity index (χ1n) is 5.10. The van der Waals surface area contributed by atoms with Crippen LogP contribution in [0.3, 0.4) is 0 Å². The molecular formula is C11H16N4. The number of nitrogens with two attached hydrogens (primary N) is 1. The molecule has 1 aliphatic rings. The highest BCUT2D eigenvalue weighted by atomic mass is 15.3. The van der Waals surface area contributed by atoms with Gasteiger partial charge in [0, 0.05) is 19.5 Å². The molecule has 0 radical (unpaired) electrons. The average Bonchev–Trinajstić information content (AvgIpc) is 2.25. The van der Waals surface area contributed by atoms with Crippen molar-refractivity contribution in [3.8, 4) is 0 Å². The Labute approximate surface area is 89.6 Å². The number of benzene rings is 1. The molecule has 15 heavy (non-hydrogen) atoms. The van der Waals surface area contributed by atoms with Crippen LogP contribution in [0, 0.1) is 0 Å². The van der Waals surface area contributed by atoms with Gasteiger partial charge in [-0.05, 0) is 17.5 Å². The summed E-state index contributed by atoms with van der Waals surface area (Å²) in [5, 5.41) is 3.18. The van der Waals surface area contributed by atoms with Crippen molar-refractivity contribution in [2.75, 3.05) is 13.6 Å². The van der Waals surface area contributed by atoms with E-state index in [4.69, 9.17) is 5.84 Å². The molecule has 0 amide bonds. The van der Waals surface area contributed by atoms with Crippen molar-refractivity contribution in [1.29, 1.82) is 0 Å². The van der Waals surface area contributed by atoms with Gasteiger partial charge in [0.05, 0.1) is 0 Å². The van der Waals surface area contributed by atoms with Gasteiger partial charge in [-0.15, -0.1) is 0 Å². The van der Waals surface area contributed by atoms with Gasteiger partial charge in [0.25, 0.3) is 0 Å². The van der Waals surface area contributed by atoms with Gasteiger partial charge in [-0.1, -0.05) is 24.3 Å². The van der Waals surface area contributed by atoms with E-state index in [-0.39, 0.29) is 0 Å². The lowest BCUT2D eigenvalue weighted by Gasteiger charge is -2.30. The average molecular weight is 204 g/mol. The molecule has 1 aliphatic carbocycles. The Morgan fingerprint density at radius 3 is 3.00 bits per heavy atom. The predicted molar refractivity (Wildman–Crippen MR) is 61.6 cm³/mol. The molecule has 0 aliphatic heterocycles. The maximum absolute atomic E-state index is 5.28. The van der Waals surface area contributed by atoms with E-state index >= 15 is 0 Å². The number of hydrazine groups is 1. The molecule has 0 bridgehead atoms. The summed E-state index contributed by atoms with van der Waals surface area (Å²) >= 11 is 0. The minimum atomic E-state index is 0.589. The molecule has 0 fully saturated rings. The summed E-state index contributed by atoms with van der Waals surface area (Å²) in [6, 6.07) is 8.54. The third kappa shape index (κ3) is 1.94. The number of hydrogen-bond donors (Lipinski definition) is 3. The van der Waals surface area contributed by atoms with Gasteiger partial charge in [-0.3, -0.25) is 10.4 Å². The SMILES string of the molecule is CN=C(NN)NCC1Cc2ccccc21. The molecule has 0 heterocycles. The van der Waals surface area contributed by atoms with Crippen LogP contribution in [-0.2, 0) is 6.42 Å². The van der Waals surface area contributed by atoms with Crippen LogP contribution in [-0.4, -0.2) is 19.6 Å². The van der Waals surface area contributed by atoms with Crippen molar-refractivity contribution >= 4 is 5.96 Å². The minimum Gasteiger partial charge on any atom is -0.355 e. The van der Waals surface area contributed by atoms with E-state index in [1.165, 1.54) is 11.1 Å². The van der Waals surface area contributed by atoms with E-state index in [1.807, 2.05) is 0 Å². The predicted octanol–water partition coefficient (Wildman–Crippen LogP) is 0.365. The Kier molecular flexibility index (Phi) is 2.87. The summed E-state index contributed by atoms with van der Waals surface area (Å²) < 4.78 is 0. The van der Waals surface area contributed by atoms with Crippen LogP contribution in [0.25, 0.3) is 0 Å². The summed E-state index contributed by atoms with van der Waals surface area (Å²) in [5.41, 5.74) is 5.42. The van der Waals surface area contributed by atoms with Crippen molar-refractivity contribution in [3.63, 3.8) is 0 Å². The second-order valence-electron chi connectivity index (χ2n) is 3.70. The standard InChI is InChI=1S/C11H16N4/c1-13-11(15-12)14-7-9-6-8-4-2-3-5-10(8)9/h2-5,9H,6-7,12H2,1H3,(H2,13,14,15). The van der Waals surface area contributed by atoms with Crippen LogP contribution in [0.2, 0.25) is 0 Å². The fraction of sp³-hybridized carbons (Fsp3) is 0.364. The van der Waals surface area contributed by atoms with E-state index in [9.17, 15) is 0 Å². The Morgan fingerprint density at radius 2 is 2.33 bits per heavy atom. The lowest BCUT2D eigenvalue weighted by molar-refractivity contribution is 0.585. The second kappa shape index (κ2) is 4.31. The monoisotopic (exact) mass is 204 g/mol. The first-order chi connectivity index (χ1) is 7.35. The van der Waals surface area contributed by atoms with Crippen molar-refractivity contribution in [2.24, 2.45) is 10.8 Å². The summed E-state index contributed by atoms with van der Waals surface area (Å²) in [6.45, 7) is 0.883. The van der Waals surface area contributed by atoms with Gasteiger partial charge in [0.2, 0.25) is 5.96 Å². The maximum atomic E-state index is 5.28. The van der Waals surface area contributed by atoms with Gasteiger partial charge in [-0.2, -0.15) is 0 Å². The summed E-state index contributed by atoms with van der Waals surface area (Å²) in [6.07, 6.45) is 1.14. The molecular weight excluding hydrogens is 188 g/mol. The van der Waals surface area contributed by atoms with Crippen LogP contribution < -0.4 is 16.6 Å². The smallest absolute Gasteiger partial charge is 0.205 e. The van der Waals surface area contributed by atoms with Crippen molar-refractivity contribution in [1.82, 2.24) is 10.7 Å². The highest BCUT2D eigenvalue weighted by molar-refractivity contribution is 5.79. The lowest BCUT2D eigenvalue weighted by atomic mass is 9.78. The Balaban J connectivity index is 1.90. The second-order valence-corrected chi connectivity index (χ2v) is 3.70. The van der Waals surface area contributed by atoms with E-state index < -0.39 is 0 Å². The molecule has 1 unspecified atom stereocenters. The fourth-order valence-corrected chi connectivity index (χ4v) is 1.96. The molecule has 1 aromatic carbocycles. The largest absolute Gasteiger partial charge is 0.355 e. The van der Waals surface area contributed by atoms with Crippen LogP contribution in [0.15, 0.2) is 29.3 Å². The van der Waals surface area contributed by atoms with Gasteiger partial charge in [-0.25, -0.2) is 5.84 Å². The Bertz CT molecular complexity index is 373. The third-order valence-electron chi connectivity index (χ3n) is 2.84. The van der Waals surface area contributed by atoms with Gasteiger partial charge >= 0.3 is 0 Å². The van der Waals surface area contributed by atoms with E-state index in [2.05, 4.69) is 40.0 Å². The van der Waals surface area contributed by atoms with Crippen LogP contribution in [0.1, 0.15) is 17.0 Å². The Morgan fingerprint density at radius 1 is 1.53 bits per heavy atom. The number of nitrogens with zero attached hydrogens (tertiary/aromatic N) is 1. The third-order valence-corrected chi connectivity index (χ3v) is 2.84. The van der Waals surface area contributed by atoms with E-state index in [1.54, 1.807) is 7.05 Å². The van der Waals surface area contributed by atoms with Gasteiger partial charge in [0.1, 0.15) is 0 Å². The zero-order chi connectivity index (χ0) is 10.7. The topological polar surface area (TPSA) is 62.4 Å². The maximum Gasteiger partial charge on any atom is 0.205 e.